The molecule has 2 atom stereocenters. The zero-order chi connectivity index (χ0) is 16.1. The van der Waals surface area contributed by atoms with E-state index in [2.05, 4.69) is 20.8 Å². The number of hydrogen-bond donors (Lipinski definition) is 0. The van der Waals surface area contributed by atoms with Crippen LogP contribution in [-0.4, -0.2) is 49.8 Å². The number of ether oxygens (including phenoxy) is 4. The molecular weight excluding hydrogens is 256 g/mol. The Hall–Kier alpha value is -0.160. The van der Waals surface area contributed by atoms with Gasteiger partial charge in [-0.05, 0) is 54.4 Å². The van der Waals surface area contributed by atoms with Crippen molar-refractivity contribution >= 4 is 0 Å². The van der Waals surface area contributed by atoms with Crippen molar-refractivity contribution < 1.29 is 20.3 Å². The highest BCUT2D eigenvalue weighted by Gasteiger charge is 2.23. The summed E-state index contributed by atoms with van der Waals surface area (Å²) in [5.41, 5.74) is -0.256. The predicted molar refractivity (Wildman–Crippen MR) is 80.1 cm³/mol. The molecule has 2 heterocycles. The molecule has 0 aliphatic carbocycles. The Labute approximate surface area is 125 Å². The van der Waals surface area contributed by atoms with Gasteiger partial charge in [0.2, 0.25) is 0 Å². The summed E-state index contributed by atoms with van der Waals surface area (Å²) >= 11 is 0. The molecule has 4 nitrogen and oxygen atoms in total. The standard InChI is InChI=1S/2C8H16O2/c2*1-8(2,3)10-7-4-5-9-6-7/h2*7H,4-6H2,1-3H3/i7D;. The fraction of sp³-hybridized carbons (Fsp3) is 1.00. The molecule has 0 aromatic heterocycles. The molecule has 0 N–H and O–H groups in total. The van der Waals surface area contributed by atoms with Crippen LogP contribution in [0.25, 0.3) is 0 Å². The van der Waals surface area contributed by atoms with Crippen LogP contribution in [0.5, 0.6) is 0 Å². The van der Waals surface area contributed by atoms with Gasteiger partial charge in [-0.2, -0.15) is 0 Å². The fourth-order valence-corrected chi connectivity index (χ4v) is 2.06. The Morgan fingerprint density at radius 1 is 0.850 bits per heavy atom. The highest BCUT2D eigenvalue weighted by Crippen LogP contribution is 2.17. The van der Waals surface area contributed by atoms with E-state index >= 15 is 0 Å². The van der Waals surface area contributed by atoms with Crippen molar-refractivity contribution in [2.24, 2.45) is 0 Å². The molecule has 2 unspecified atom stereocenters. The normalized spacial score (nSPS) is 31.7. The largest absolute Gasteiger partial charge is 0.379 e. The van der Waals surface area contributed by atoms with E-state index in [-0.39, 0.29) is 11.2 Å². The average molecular weight is 289 g/mol. The summed E-state index contributed by atoms with van der Waals surface area (Å²) in [6, 6.07) is 0. The van der Waals surface area contributed by atoms with Gasteiger partial charge in [-0.1, -0.05) is 0 Å². The topological polar surface area (TPSA) is 36.9 Å². The second-order valence-corrected chi connectivity index (χ2v) is 7.27. The third-order valence-electron chi connectivity index (χ3n) is 2.65. The third-order valence-corrected chi connectivity index (χ3v) is 2.65. The van der Waals surface area contributed by atoms with Crippen molar-refractivity contribution in [2.45, 2.75) is 77.8 Å². The molecule has 120 valence electrons. The van der Waals surface area contributed by atoms with Crippen LogP contribution in [0.2, 0.25) is 0 Å². The molecule has 0 bridgehead atoms. The molecule has 2 fully saturated rings. The zero-order valence-electron chi connectivity index (χ0n) is 15.0. The van der Waals surface area contributed by atoms with E-state index in [9.17, 15) is 0 Å². The summed E-state index contributed by atoms with van der Waals surface area (Å²) in [6.07, 6.45) is 1.28. The van der Waals surface area contributed by atoms with Crippen LogP contribution in [0.15, 0.2) is 0 Å². The highest BCUT2D eigenvalue weighted by atomic mass is 16.6. The van der Waals surface area contributed by atoms with Crippen molar-refractivity contribution in [2.75, 3.05) is 26.4 Å². The summed E-state index contributed by atoms with van der Waals surface area (Å²) in [6.45, 7) is 14.8. The van der Waals surface area contributed by atoms with E-state index in [0.717, 1.165) is 19.6 Å². The van der Waals surface area contributed by atoms with Gasteiger partial charge in [0.1, 0.15) is 0 Å². The maximum absolute atomic E-state index is 7.79. The van der Waals surface area contributed by atoms with Crippen LogP contribution in [-0.2, 0) is 18.9 Å². The van der Waals surface area contributed by atoms with Crippen LogP contribution in [0.3, 0.4) is 0 Å². The monoisotopic (exact) mass is 289 g/mol. The van der Waals surface area contributed by atoms with E-state index < -0.39 is 6.08 Å². The minimum absolute atomic E-state index is 0.0155. The van der Waals surface area contributed by atoms with Gasteiger partial charge >= 0.3 is 0 Å². The Morgan fingerprint density at radius 3 is 1.80 bits per heavy atom. The van der Waals surface area contributed by atoms with Crippen molar-refractivity contribution in [1.82, 2.24) is 0 Å². The molecule has 2 rings (SSSR count). The van der Waals surface area contributed by atoms with Gasteiger partial charge in [-0.3, -0.25) is 0 Å². The lowest BCUT2D eigenvalue weighted by atomic mass is 10.2. The van der Waals surface area contributed by atoms with Gasteiger partial charge in [0.25, 0.3) is 0 Å². The van der Waals surface area contributed by atoms with E-state index in [1.807, 2.05) is 20.8 Å². The summed E-state index contributed by atoms with van der Waals surface area (Å²) < 4.78 is 29.3. The fourth-order valence-electron chi connectivity index (χ4n) is 2.06. The lowest BCUT2D eigenvalue weighted by molar-refractivity contribution is -0.0608. The summed E-state index contributed by atoms with van der Waals surface area (Å²) in [5.74, 6) is 0. The Bertz CT molecular complexity index is 294. The lowest BCUT2D eigenvalue weighted by Gasteiger charge is -2.23. The van der Waals surface area contributed by atoms with Crippen LogP contribution in [0, 0.1) is 0 Å². The van der Waals surface area contributed by atoms with Gasteiger partial charge < -0.3 is 18.9 Å². The number of hydrogen-bond acceptors (Lipinski definition) is 4. The van der Waals surface area contributed by atoms with Crippen molar-refractivity contribution in [1.29, 1.82) is 0 Å². The SMILES string of the molecule is CC(C)(C)OC1CCOC1.[2H]C1(OC(C)(C)C)CCOC1. The molecule has 2 aliphatic heterocycles. The average Bonchev–Trinajstić information content (AvgIpc) is 2.86. The first-order valence-corrected chi connectivity index (χ1v) is 7.53. The van der Waals surface area contributed by atoms with Crippen LogP contribution in [0.1, 0.15) is 55.8 Å². The van der Waals surface area contributed by atoms with Crippen molar-refractivity contribution in [3.05, 3.63) is 0 Å². The molecular formula is C16H32O4. The summed E-state index contributed by atoms with van der Waals surface area (Å²) in [7, 11) is 0. The van der Waals surface area contributed by atoms with Gasteiger partial charge in [-0.15, -0.1) is 0 Å². The van der Waals surface area contributed by atoms with Gasteiger partial charge in [0.15, 0.2) is 0 Å². The van der Waals surface area contributed by atoms with Crippen LogP contribution < -0.4 is 0 Å². The zero-order valence-corrected chi connectivity index (χ0v) is 14.0. The Balaban J connectivity index is 0.000000211. The first kappa shape index (κ1) is 16.2. The molecule has 0 spiro atoms. The lowest BCUT2D eigenvalue weighted by Crippen LogP contribution is -2.27. The van der Waals surface area contributed by atoms with Crippen LogP contribution >= 0.6 is 0 Å². The van der Waals surface area contributed by atoms with E-state index in [4.69, 9.17) is 20.3 Å². The molecule has 0 saturated carbocycles. The maximum atomic E-state index is 7.79. The minimum Gasteiger partial charge on any atom is -0.379 e. The van der Waals surface area contributed by atoms with Gasteiger partial charge in [-0.25, -0.2) is 0 Å². The first-order valence-electron chi connectivity index (χ1n) is 8.03. The number of rotatable bonds is 2. The van der Waals surface area contributed by atoms with Crippen molar-refractivity contribution in [3.8, 4) is 0 Å². The molecule has 2 saturated heterocycles. The van der Waals surface area contributed by atoms with Gasteiger partial charge in [0, 0.05) is 13.2 Å². The molecule has 0 aromatic carbocycles. The second kappa shape index (κ2) is 7.74. The first-order chi connectivity index (χ1) is 9.49. The molecule has 0 amide bonds. The maximum Gasteiger partial charge on any atom is 0.0837 e. The second-order valence-electron chi connectivity index (χ2n) is 7.27. The van der Waals surface area contributed by atoms with Crippen molar-refractivity contribution in [3.63, 3.8) is 0 Å². The predicted octanol–water partition coefficient (Wildman–Crippen LogP) is 3.18. The third kappa shape index (κ3) is 8.90. The molecule has 4 heteroatoms. The van der Waals surface area contributed by atoms with Crippen LogP contribution in [0.4, 0.5) is 0 Å². The van der Waals surface area contributed by atoms with E-state index in [1.54, 1.807) is 0 Å². The quantitative estimate of drug-likeness (QED) is 0.782. The molecule has 20 heavy (non-hydrogen) atoms. The molecule has 0 radical (unpaired) electrons. The summed E-state index contributed by atoms with van der Waals surface area (Å²) in [4.78, 5) is 0. The molecule has 0 aromatic rings. The smallest absolute Gasteiger partial charge is 0.0837 e. The minimum atomic E-state index is -0.793. The summed E-state index contributed by atoms with van der Waals surface area (Å²) in [5, 5.41) is 0. The van der Waals surface area contributed by atoms with Gasteiger partial charge in [0.05, 0.1) is 38.0 Å². The highest BCUT2D eigenvalue weighted by molar-refractivity contribution is 4.70. The Kier molecular flexibility index (Phi) is 6.27. The molecule has 2 aliphatic rings. The van der Waals surface area contributed by atoms with E-state index in [0.29, 0.717) is 25.7 Å². The Morgan fingerprint density at radius 2 is 1.40 bits per heavy atom. The van der Waals surface area contributed by atoms with E-state index in [1.165, 1.54) is 0 Å².